The zero-order valence-electron chi connectivity index (χ0n) is 12.9. The smallest absolute Gasteiger partial charge is 0.249 e. The number of rotatable bonds is 5. The molecule has 3 N–H and O–H groups in total. The average molecular weight is 325 g/mol. The van der Waals surface area contributed by atoms with Gasteiger partial charge in [0.15, 0.2) is 5.82 Å². The summed E-state index contributed by atoms with van der Waals surface area (Å²) in [5.74, 6) is -0.430. The van der Waals surface area contributed by atoms with Crippen molar-refractivity contribution in [1.82, 2.24) is 24.8 Å². The van der Waals surface area contributed by atoms with E-state index in [4.69, 9.17) is 5.73 Å². The Morgan fingerprint density at radius 1 is 1.21 bits per heavy atom. The van der Waals surface area contributed by atoms with Gasteiger partial charge in [-0.3, -0.25) is 14.3 Å². The van der Waals surface area contributed by atoms with Gasteiger partial charge in [0, 0.05) is 24.4 Å². The van der Waals surface area contributed by atoms with E-state index in [1.165, 1.54) is 15.7 Å². The normalized spacial score (nSPS) is 10.5. The van der Waals surface area contributed by atoms with Gasteiger partial charge in [0.05, 0.1) is 12.4 Å². The Morgan fingerprint density at radius 3 is 2.71 bits per heavy atom. The van der Waals surface area contributed by atoms with E-state index in [-0.39, 0.29) is 12.5 Å². The maximum absolute atomic E-state index is 12.0. The van der Waals surface area contributed by atoms with Gasteiger partial charge in [0.2, 0.25) is 11.8 Å². The summed E-state index contributed by atoms with van der Waals surface area (Å²) in [5.41, 5.74) is 7.16. The summed E-state index contributed by atoms with van der Waals surface area (Å²) in [4.78, 5) is 24.8. The van der Waals surface area contributed by atoms with Crippen molar-refractivity contribution in [2.24, 2.45) is 12.8 Å². The maximum Gasteiger partial charge on any atom is 0.249 e. The lowest BCUT2D eigenvalue weighted by Gasteiger charge is -2.04. The van der Waals surface area contributed by atoms with Gasteiger partial charge < -0.3 is 11.1 Å². The molecular formula is C15H15N7O2. The van der Waals surface area contributed by atoms with E-state index in [0.717, 1.165) is 0 Å². The molecule has 0 aliphatic carbocycles. The molecule has 0 saturated heterocycles. The molecule has 0 aliphatic rings. The van der Waals surface area contributed by atoms with Crippen molar-refractivity contribution in [2.45, 2.75) is 6.54 Å². The Balaban J connectivity index is 1.74. The van der Waals surface area contributed by atoms with Gasteiger partial charge in [-0.25, -0.2) is 0 Å². The van der Waals surface area contributed by atoms with E-state index in [1.807, 2.05) is 0 Å². The van der Waals surface area contributed by atoms with Crippen LogP contribution in [-0.2, 0) is 18.4 Å². The molecule has 9 nitrogen and oxygen atoms in total. The molecule has 24 heavy (non-hydrogen) atoms. The van der Waals surface area contributed by atoms with Crippen LogP contribution in [0.4, 0.5) is 5.82 Å². The lowest BCUT2D eigenvalue weighted by atomic mass is 10.0. The minimum atomic E-state index is -0.515. The van der Waals surface area contributed by atoms with E-state index >= 15 is 0 Å². The number of primary amides is 1. The lowest BCUT2D eigenvalue weighted by molar-refractivity contribution is -0.116. The van der Waals surface area contributed by atoms with Crippen molar-refractivity contribution >= 4 is 17.6 Å². The molecule has 0 atom stereocenters. The zero-order valence-corrected chi connectivity index (χ0v) is 12.9. The Kier molecular flexibility index (Phi) is 4.06. The van der Waals surface area contributed by atoms with Crippen molar-refractivity contribution in [3.63, 3.8) is 0 Å². The number of aromatic nitrogens is 5. The van der Waals surface area contributed by atoms with Crippen LogP contribution in [0.2, 0.25) is 0 Å². The van der Waals surface area contributed by atoms with Crippen LogP contribution in [0.5, 0.6) is 0 Å². The highest BCUT2D eigenvalue weighted by molar-refractivity contribution is 5.99. The van der Waals surface area contributed by atoms with E-state index < -0.39 is 5.91 Å². The van der Waals surface area contributed by atoms with Crippen LogP contribution in [0.25, 0.3) is 11.1 Å². The summed E-state index contributed by atoms with van der Waals surface area (Å²) in [5, 5.41) is 14.6. The quantitative estimate of drug-likeness (QED) is 0.704. The van der Waals surface area contributed by atoms with E-state index in [2.05, 4.69) is 20.6 Å². The van der Waals surface area contributed by atoms with Gasteiger partial charge in [-0.2, -0.15) is 15.0 Å². The van der Waals surface area contributed by atoms with Crippen LogP contribution in [0.3, 0.4) is 0 Å². The Bertz CT molecular complexity index is 897. The number of nitrogens with zero attached hydrogens (tertiary/aromatic N) is 5. The molecule has 3 aromatic rings. The third-order valence-corrected chi connectivity index (χ3v) is 3.31. The average Bonchev–Trinajstić information content (AvgIpc) is 3.16. The highest BCUT2D eigenvalue weighted by Gasteiger charge is 2.12. The summed E-state index contributed by atoms with van der Waals surface area (Å²) in [7, 11) is 1.66. The molecule has 3 rings (SSSR count). The number of benzene rings is 1. The number of nitrogens with one attached hydrogen (secondary N) is 1. The fourth-order valence-electron chi connectivity index (χ4n) is 2.27. The third-order valence-electron chi connectivity index (χ3n) is 3.31. The molecule has 0 saturated carbocycles. The lowest BCUT2D eigenvalue weighted by Crippen LogP contribution is -2.19. The highest BCUT2D eigenvalue weighted by Crippen LogP contribution is 2.22. The fraction of sp³-hybridized carbons (Fsp3) is 0.133. The van der Waals surface area contributed by atoms with Gasteiger partial charge in [0.1, 0.15) is 6.54 Å². The Labute approximate surface area is 137 Å². The van der Waals surface area contributed by atoms with Crippen LogP contribution >= 0.6 is 0 Å². The minimum Gasteiger partial charge on any atom is -0.366 e. The topological polar surface area (TPSA) is 121 Å². The van der Waals surface area contributed by atoms with Gasteiger partial charge >= 0.3 is 0 Å². The van der Waals surface area contributed by atoms with Gasteiger partial charge in [-0.05, 0) is 11.6 Å². The molecule has 2 heterocycles. The molecule has 2 amide bonds. The predicted octanol–water partition coefficient (Wildman–Crippen LogP) is 0.416. The van der Waals surface area contributed by atoms with Crippen molar-refractivity contribution in [3.05, 3.63) is 48.4 Å². The number of nitrogens with two attached hydrogens (primary N) is 1. The number of hydrogen-bond acceptors (Lipinski definition) is 5. The maximum atomic E-state index is 12.0. The SMILES string of the molecule is Cn1ncc(NC(=O)Cn2cc(-c3ccccc3C(N)=O)cn2)n1. The first-order chi connectivity index (χ1) is 11.5. The van der Waals surface area contributed by atoms with Crippen LogP contribution in [0, 0.1) is 0 Å². The summed E-state index contributed by atoms with van der Waals surface area (Å²) in [6.45, 7) is 0.00924. The summed E-state index contributed by atoms with van der Waals surface area (Å²) >= 11 is 0. The number of anilines is 1. The molecule has 0 aliphatic heterocycles. The number of carbonyl (C=O) groups excluding carboxylic acids is 2. The van der Waals surface area contributed by atoms with Gasteiger partial charge in [-0.15, -0.1) is 5.10 Å². The second kappa shape index (κ2) is 6.32. The van der Waals surface area contributed by atoms with Crippen molar-refractivity contribution < 1.29 is 9.59 Å². The zero-order chi connectivity index (χ0) is 17.1. The van der Waals surface area contributed by atoms with Gasteiger partial charge in [0.25, 0.3) is 0 Å². The van der Waals surface area contributed by atoms with E-state index in [1.54, 1.807) is 43.7 Å². The summed E-state index contributed by atoms with van der Waals surface area (Å²) in [6, 6.07) is 6.97. The molecule has 9 heteroatoms. The van der Waals surface area contributed by atoms with E-state index in [9.17, 15) is 9.59 Å². The van der Waals surface area contributed by atoms with E-state index in [0.29, 0.717) is 22.5 Å². The Morgan fingerprint density at radius 2 is 2.00 bits per heavy atom. The minimum absolute atomic E-state index is 0.00924. The molecule has 0 unspecified atom stereocenters. The first kappa shape index (κ1) is 15.4. The molecular weight excluding hydrogens is 310 g/mol. The molecule has 0 radical (unpaired) electrons. The van der Waals surface area contributed by atoms with Crippen molar-refractivity contribution in [1.29, 1.82) is 0 Å². The summed E-state index contributed by atoms with van der Waals surface area (Å²) in [6.07, 6.45) is 4.71. The highest BCUT2D eigenvalue weighted by atomic mass is 16.2. The Hall–Kier alpha value is -3.49. The monoisotopic (exact) mass is 325 g/mol. The molecule has 0 spiro atoms. The predicted molar refractivity (Wildman–Crippen MR) is 85.8 cm³/mol. The first-order valence-corrected chi connectivity index (χ1v) is 7.11. The number of hydrogen-bond donors (Lipinski definition) is 2. The molecule has 0 bridgehead atoms. The number of amides is 2. The van der Waals surface area contributed by atoms with Crippen LogP contribution in [0.15, 0.2) is 42.9 Å². The van der Waals surface area contributed by atoms with Crippen LogP contribution < -0.4 is 11.1 Å². The summed E-state index contributed by atoms with van der Waals surface area (Å²) < 4.78 is 1.47. The molecule has 1 aromatic carbocycles. The molecule has 122 valence electrons. The standard InChI is InChI=1S/C15H15N7O2/c1-21-17-7-13(20-21)19-14(23)9-22-8-10(6-18-22)11-4-2-3-5-12(11)15(16)24/h2-8H,9H2,1H3,(H2,16,24)(H,19,20,23). The fourth-order valence-corrected chi connectivity index (χ4v) is 2.27. The van der Waals surface area contributed by atoms with Crippen LogP contribution in [0.1, 0.15) is 10.4 Å². The molecule has 0 fully saturated rings. The second-order valence-electron chi connectivity index (χ2n) is 5.10. The number of aryl methyl sites for hydroxylation is 1. The van der Waals surface area contributed by atoms with Crippen molar-refractivity contribution in [3.8, 4) is 11.1 Å². The van der Waals surface area contributed by atoms with Crippen LogP contribution in [-0.4, -0.2) is 36.6 Å². The number of carbonyl (C=O) groups is 2. The second-order valence-corrected chi connectivity index (χ2v) is 5.10. The van der Waals surface area contributed by atoms with Crippen molar-refractivity contribution in [2.75, 3.05) is 5.32 Å². The largest absolute Gasteiger partial charge is 0.366 e. The first-order valence-electron chi connectivity index (χ1n) is 7.11. The third kappa shape index (κ3) is 3.29. The van der Waals surface area contributed by atoms with Gasteiger partial charge in [-0.1, -0.05) is 18.2 Å². The molecule has 2 aromatic heterocycles.